The minimum absolute atomic E-state index is 0.0567. The fourth-order valence-corrected chi connectivity index (χ4v) is 1.87. The molecule has 1 atom stereocenters. The fourth-order valence-electron chi connectivity index (χ4n) is 1.87. The first-order valence-corrected chi connectivity index (χ1v) is 5.62. The molecule has 2 N–H and O–H groups in total. The molecular formula is C12H14F2N2O. The maximum Gasteiger partial charge on any atom is 0.237 e. The summed E-state index contributed by atoms with van der Waals surface area (Å²) in [5.74, 6) is -1.24. The minimum Gasteiger partial charge on any atom is -0.355 e. The number of benzene rings is 1. The SMILES string of the molecule is O=C1NCCCC1NCc1ccc(F)cc1F. The maximum atomic E-state index is 13.3. The van der Waals surface area contributed by atoms with Gasteiger partial charge in [-0.1, -0.05) is 6.07 Å². The molecule has 17 heavy (non-hydrogen) atoms. The summed E-state index contributed by atoms with van der Waals surface area (Å²) < 4.78 is 26.0. The predicted molar refractivity (Wildman–Crippen MR) is 59.2 cm³/mol. The van der Waals surface area contributed by atoms with Gasteiger partial charge in [0.1, 0.15) is 11.6 Å². The number of piperidine rings is 1. The van der Waals surface area contributed by atoms with Crippen LogP contribution < -0.4 is 10.6 Å². The molecule has 1 saturated heterocycles. The second kappa shape index (κ2) is 5.23. The molecule has 0 aromatic heterocycles. The number of rotatable bonds is 3. The predicted octanol–water partition coefficient (Wildman–Crippen LogP) is 1.33. The summed E-state index contributed by atoms with van der Waals surface area (Å²) in [6, 6.07) is 3.16. The first kappa shape index (κ1) is 12.0. The molecule has 5 heteroatoms. The van der Waals surface area contributed by atoms with E-state index < -0.39 is 11.6 Å². The molecule has 0 bridgehead atoms. The van der Waals surface area contributed by atoms with Crippen molar-refractivity contribution in [1.82, 2.24) is 10.6 Å². The van der Waals surface area contributed by atoms with Gasteiger partial charge < -0.3 is 10.6 Å². The van der Waals surface area contributed by atoms with Gasteiger partial charge in [0.15, 0.2) is 0 Å². The zero-order chi connectivity index (χ0) is 12.3. The van der Waals surface area contributed by atoms with E-state index in [0.29, 0.717) is 12.1 Å². The summed E-state index contributed by atoms with van der Waals surface area (Å²) in [5.41, 5.74) is 0.366. The maximum absolute atomic E-state index is 13.3. The van der Waals surface area contributed by atoms with E-state index in [2.05, 4.69) is 10.6 Å². The molecule has 1 unspecified atom stereocenters. The van der Waals surface area contributed by atoms with Crippen molar-refractivity contribution >= 4 is 5.91 Å². The monoisotopic (exact) mass is 240 g/mol. The lowest BCUT2D eigenvalue weighted by Gasteiger charge is -2.22. The van der Waals surface area contributed by atoms with E-state index in [1.54, 1.807) is 0 Å². The summed E-state index contributed by atoms with van der Waals surface area (Å²) >= 11 is 0. The second-order valence-electron chi connectivity index (χ2n) is 4.10. The lowest BCUT2D eigenvalue weighted by atomic mass is 10.1. The van der Waals surface area contributed by atoms with E-state index in [-0.39, 0.29) is 18.5 Å². The molecule has 0 radical (unpaired) electrons. The highest BCUT2D eigenvalue weighted by atomic mass is 19.1. The Morgan fingerprint density at radius 3 is 2.94 bits per heavy atom. The average molecular weight is 240 g/mol. The zero-order valence-electron chi connectivity index (χ0n) is 9.30. The Labute approximate surface area is 98.2 Å². The molecule has 1 aliphatic heterocycles. The third-order valence-corrected chi connectivity index (χ3v) is 2.84. The van der Waals surface area contributed by atoms with E-state index in [4.69, 9.17) is 0 Å². The third-order valence-electron chi connectivity index (χ3n) is 2.84. The number of nitrogens with one attached hydrogen (secondary N) is 2. The van der Waals surface area contributed by atoms with Crippen LogP contribution in [0.2, 0.25) is 0 Å². The fraction of sp³-hybridized carbons (Fsp3) is 0.417. The zero-order valence-corrected chi connectivity index (χ0v) is 9.30. The number of hydrogen-bond donors (Lipinski definition) is 2. The van der Waals surface area contributed by atoms with E-state index >= 15 is 0 Å². The van der Waals surface area contributed by atoms with Crippen molar-refractivity contribution in [1.29, 1.82) is 0 Å². The van der Waals surface area contributed by atoms with Crippen LogP contribution in [0.1, 0.15) is 18.4 Å². The molecule has 0 saturated carbocycles. The molecule has 1 aromatic carbocycles. The van der Waals surface area contributed by atoms with Crippen molar-refractivity contribution in [2.45, 2.75) is 25.4 Å². The van der Waals surface area contributed by atoms with Gasteiger partial charge in [-0.2, -0.15) is 0 Å². The van der Waals surface area contributed by atoms with Crippen molar-refractivity contribution in [3.05, 3.63) is 35.4 Å². The van der Waals surface area contributed by atoms with Crippen LogP contribution in [0.5, 0.6) is 0 Å². The van der Waals surface area contributed by atoms with Gasteiger partial charge in [0.05, 0.1) is 6.04 Å². The highest BCUT2D eigenvalue weighted by Gasteiger charge is 2.21. The van der Waals surface area contributed by atoms with E-state index in [9.17, 15) is 13.6 Å². The Morgan fingerprint density at radius 1 is 1.41 bits per heavy atom. The van der Waals surface area contributed by atoms with Crippen molar-refractivity contribution in [2.75, 3.05) is 6.54 Å². The molecule has 1 aliphatic rings. The number of amides is 1. The lowest BCUT2D eigenvalue weighted by molar-refractivity contribution is -0.124. The van der Waals surface area contributed by atoms with Crippen LogP contribution >= 0.6 is 0 Å². The first-order chi connectivity index (χ1) is 8.16. The van der Waals surface area contributed by atoms with Crippen LogP contribution in [0, 0.1) is 11.6 Å². The molecule has 1 amide bonds. The molecule has 3 nitrogen and oxygen atoms in total. The van der Waals surface area contributed by atoms with Crippen LogP contribution in [0.25, 0.3) is 0 Å². The van der Waals surface area contributed by atoms with Crippen LogP contribution in [-0.4, -0.2) is 18.5 Å². The molecule has 1 aromatic rings. The van der Waals surface area contributed by atoms with Gasteiger partial charge in [0.2, 0.25) is 5.91 Å². The topological polar surface area (TPSA) is 41.1 Å². The highest BCUT2D eigenvalue weighted by Crippen LogP contribution is 2.10. The van der Waals surface area contributed by atoms with Crippen molar-refractivity contribution in [3.63, 3.8) is 0 Å². The summed E-state index contributed by atoms with van der Waals surface area (Å²) in [4.78, 5) is 11.4. The van der Waals surface area contributed by atoms with Crippen LogP contribution in [0.3, 0.4) is 0 Å². The standard InChI is InChI=1S/C12H14F2N2O/c13-9-4-3-8(10(14)6-9)7-16-11-2-1-5-15-12(11)17/h3-4,6,11,16H,1-2,5,7H2,(H,15,17). The van der Waals surface area contributed by atoms with Crippen molar-refractivity contribution in [2.24, 2.45) is 0 Å². The Balaban J connectivity index is 1.95. The van der Waals surface area contributed by atoms with E-state index in [1.807, 2.05) is 0 Å². The van der Waals surface area contributed by atoms with Crippen molar-refractivity contribution in [3.8, 4) is 0 Å². The molecule has 2 rings (SSSR count). The molecule has 92 valence electrons. The van der Waals surface area contributed by atoms with Crippen molar-refractivity contribution < 1.29 is 13.6 Å². The summed E-state index contributed by atoms with van der Waals surface area (Å²) in [6.45, 7) is 0.923. The molecular weight excluding hydrogens is 226 g/mol. The average Bonchev–Trinajstić information content (AvgIpc) is 2.30. The number of carbonyl (C=O) groups is 1. The molecule has 0 aliphatic carbocycles. The number of hydrogen-bond acceptors (Lipinski definition) is 2. The second-order valence-corrected chi connectivity index (χ2v) is 4.10. The largest absolute Gasteiger partial charge is 0.355 e. The van der Waals surface area contributed by atoms with Gasteiger partial charge in [0, 0.05) is 24.7 Å². The first-order valence-electron chi connectivity index (χ1n) is 5.62. The number of halogens is 2. The van der Waals surface area contributed by atoms with Gasteiger partial charge in [0.25, 0.3) is 0 Å². The smallest absolute Gasteiger partial charge is 0.237 e. The summed E-state index contributed by atoms with van der Waals surface area (Å²) in [7, 11) is 0. The van der Waals surface area contributed by atoms with Gasteiger partial charge in [-0.25, -0.2) is 8.78 Å². The van der Waals surface area contributed by atoms with Crippen LogP contribution in [0.15, 0.2) is 18.2 Å². The Hall–Kier alpha value is -1.49. The lowest BCUT2D eigenvalue weighted by Crippen LogP contribution is -2.47. The molecule has 1 fully saturated rings. The minimum atomic E-state index is -0.596. The van der Waals surface area contributed by atoms with Gasteiger partial charge >= 0.3 is 0 Å². The third kappa shape index (κ3) is 3.00. The van der Waals surface area contributed by atoms with Crippen LogP contribution in [-0.2, 0) is 11.3 Å². The molecule has 0 spiro atoms. The number of carbonyl (C=O) groups excluding carboxylic acids is 1. The quantitative estimate of drug-likeness (QED) is 0.837. The van der Waals surface area contributed by atoms with Gasteiger partial charge in [-0.3, -0.25) is 4.79 Å². The molecule has 1 heterocycles. The summed E-state index contributed by atoms with van der Waals surface area (Å²) in [5, 5.41) is 5.71. The normalized spacial score (nSPS) is 20.1. The highest BCUT2D eigenvalue weighted by molar-refractivity contribution is 5.82. The Morgan fingerprint density at radius 2 is 2.24 bits per heavy atom. The van der Waals surface area contributed by atoms with Crippen LogP contribution in [0.4, 0.5) is 8.78 Å². The summed E-state index contributed by atoms with van der Waals surface area (Å²) in [6.07, 6.45) is 1.66. The Bertz CT molecular complexity index is 423. The Kier molecular flexibility index (Phi) is 3.68. The van der Waals surface area contributed by atoms with E-state index in [0.717, 1.165) is 18.9 Å². The van der Waals surface area contributed by atoms with E-state index in [1.165, 1.54) is 12.1 Å². The van der Waals surface area contributed by atoms with Gasteiger partial charge in [-0.05, 0) is 18.9 Å². The van der Waals surface area contributed by atoms with Gasteiger partial charge in [-0.15, -0.1) is 0 Å².